The molecule has 2 rings (SSSR count). The fourth-order valence-corrected chi connectivity index (χ4v) is 2.73. The lowest BCUT2D eigenvalue weighted by atomic mass is 9.75. The van der Waals surface area contributed by atoms with E-state index in [1.54, 1.807) is 0 Å². The largest absolute Gasteiger partial charge is 0.356 e. The van der Waals surface area contributed by atoms with E-state index in [4.69, 9.17) is 0 Å². The van der Waals surface area contributed by atoms with Crippen LogP contribution in [0.2, 0.25) is 0 Å². The minimum absolute atomic E-state index is 0.195. The van der Waals surface area contributed by atoms with E-state index in [9.17, 15) is 4.79 Å². The summed E-state index contributed by atoms with van der Waals surface area (Å²) >= 11 is 0. The van der Waals surface area contributed by atoms with Gasteiger partial charge in [0.1, 0.15) is 0 Å². The van der Waals surface area contributed by atoms with Crippen molar-refractivity contribution in [3.63, 3.8) is 0 Å². The highest BCUT2D eigenvalue weighted by Crippen LogP contribution is 2.31. The van der Waals surface area contributed by atoms with Crippen molar-refractivity contribution in [2.24, 2.45) is 5.41 Å². The van der Waals surface area contributed by atoms with E-state index in [1.807, 2.05) is 25.1 Å². The molecule has 0 spiro atoms. The summed E-state index contributed by atoms with van der Waals surface area (Å²) in [5, 5.41) is 6.37. The fraction of sp³-hybridized carbons (Fsp3) is 0.533. The van der Waals surface area contributed by atoms with Crippen LogP contribution in [0.3, 0.4) is 0 Å². The molecule has 18 heavy (non-hydrogen) atoms. The van der Waals surface area contributed by atoms with Crippen LogP contribution in [-0.4, -0.2) is 25.5 Å². The van der Waals surface area contributed by atoms with Crippen molar-refractivity contribution in [1.29, 1.82) is 0 Å². The zero-order valence-electron chi connectivity index (χ0n) is 11.0. The zero-order chi connectivity index (χ0) is 12.8. The van der Waals surface area contributed by atoms with Crippen LogP contribution in [0, 0.1) is 5.41 Å². The summed E-state index contributed by atoms with van der Waals surface area (Å²) in [6.45, 7) is 4.49. The molecule has 1 atom stereocenters. The van der Waals surface area contributed by atoms with E-state index >= 15 is 0 Å². The molecular formula is C15H22N2O. The number of hydrogen-bond donors (Lipinski definition) is 2. The molecule has 1 aromatic carbocycles. The molecule has 1 heterocycles. The molecule has 0 radical (unpaired) electrons. The summed E-state index contributed by atoms with van der Waals surface area (Å²) in [4.78, 5) is 12.4. The molecule has 2 N–H and O–H groups in total. The topological polar surface area (TPSA) is 41.1 Å². The smallest absolute Gasteiger partial charge is 0.227 e. The van der Waals surface area contributed by atoms with E-state index in [1.165, 1.54) is 5.56 Å². The van der Waals surface area contributed by atoms with Crippen molar-refractivity contribution in [2.75, 3.05) is 19.6 Å². The Morgan fingerprint density at radius 1 is 1.39 bits per heavy atom. The third-order valence-electron chi connectivity index (χ3n) is 3.68. The first-order chi connectivity index (χ1) is 8.77. The third kappa shape index (κ3) is 2.91. The highest BCUT2D eigenvalue weighted by molar-refractivity contribution is 5.83. The van der Waals surface area contributed by atoms with E-state index in [-0.39, 0.29) is 11.3 Å². The number of rotatable bonds is 4. The van der Waals surface area contributed by atoms with Gasteiger partial charge in [0.05, 0.1) is 5.41 Å². The summed E-state index contributed by atoms with van der Waals surface area (Å²) in [7, 11) is 0. The van der Waals surface area contributed by atoms with Crippen molar-refractivity contribution >= 4 is 5.91 Å². The molecule has 0 aromatic heterocycles. The lowest BCUT2D eigenvalue weighted by Gasteiger charge is -2.36. The normalized spacial score (nSPS) is 23.6. The molecule has 1 aliphatic heterocycles. The first-order valence-corrected chi connectivity index (χ1v) is 6.80. The van der Waals surface area contributed by atoms with Gasteiger partial charge in [-0.1, -0.05) is 30.3 Å². The van der Waals surface area contributed by atoms with E-state index < -0.39 is 0 Å². The fourth-order valence-electron chi connectivity index (χ4n) is 2.73. The maximum atomic E-state index is 12.4. The number of piperidine rings is 1. The zero-order valence-corrected chi connectivity index (χ0v) is 11.0. The van der Waals surface area contributed by atoms with Gasteiger partial charge in [-0.05, 0) is 38.3 Å². The van der Waals surface area contributed by atoms with Crippen molar-refractivity contribution < 1.29 is 4.79 Å². The Hall–Kier alpha value is -1.35. The minimum atomic E-state index is -0.268. The Morgan fingerprint density at radius 2 is 2.17 bits per heavy atom. The van der Waals surface area contributed by atoms with Crippen molar-refractivity contribution in [3.05, 3.63) is 35.9 Å². The molecule has 1 aliphatic rings. The predicted octanol–water partition coefficient (Wildman–Crippen LogP) is 1.74. The molecule has 0 aliphatic carbocycles. The molecule has 1 aromatic rings. The second kappa shape index (κ2) is 6.01. The molecule has 3 heteroatoms. The summed E-state index contributed by atoms with van der Waals surface area (Å²) in [5.74, 6) is 0.195. The maximum absolute atomic E-state index is 12.4. The highest BCUT2D eigenvalue weighted by atomic mass is 16.2. The van der Waals surface area contributed by atoms with Gasteiger partial charge >= 0.3 is 0 Å². The van der Waals surface area contributed by atoms with E-state index in [0.29, 0.717) is 6.54 Å². The SMILES string of the molecule is CCNC(=O)[C@]1(Cc2ccccc2)CCCNC1. The monoisotopic (exact) mass is 246 g/mol. The highest BCUT2D eigenvalue weighted by Gasteiger charge is 2.39. The molecule has 0 unspecified atom stereocenters. The maximum Gasteiger partial charge on any atom is 0.227 e. The first kappa shape index (κ1) is 13.1. The Balaban J connectivity index is 2.16. The van der Waals surface area contributed by atoms with Crippen LogP contribution in [-0.2, 0) is 11.2 Å². The van der Waals surface area contributed by atoms with Crippen molar-refractivity contribution in [1.82, 2.24) is 10.6 Å². The average molecular weight is 246 g/mol. The molecule has 0 bridgehead atoms. The number of carbonyl (C=O) groups excluding carboxylic acids is 1. The van der Waals surface area contributed by atoms with E-state index in [2.05, 4.69) is 22.8 Å². The number of hydrogen-bond acceptors (Lipinski definition) is 2. The van der Waals surface area contributed by atoms with Crippen molar-refractivity contribution in [3.8, 4) is 0 Å². The average Bonchev–Trinajstić information content (AvgIpc) is 2.41. The third-order valence-corrected chi connectivity index (χ3v) is 3.68. The molecule has 98 valence electrons. The molecule has 3 nitrogen and oxygen atoms in total. The van der Waals surface area contributed by atoms with Gasteiger partial charge in [-0.2, -0.15) is 0 Å². The molecular weight excluding hydrogens is 224 g/mol. The Bertz CT molecular complexity index is 383. The van der Waals surface area contributed by atoms with Gasteiger partial charge in [-0.15, -0.1) is 0 Å². The first-order valence-electron chi connectivity index (χ1n) is 6.80. The van der Waals surface area contributed by atoms with Gasteiger partial charge in [-0.3, -0.25) is 4.79 Å². The van der Waals surface area contributed by atoms with Crippen LogP contribution >= 0.6 is 0 Å². The molecule has 1 fully saturated rings. The van der Waals surface area contributed by atoms with Crippen LogP contribution in [0.25, 0.3) is 0 Å². The summed E-state index contributed by atoms with van der Waals surface area (Å²) in [6.07, 6.45) is 2.87. The van der Waals surface area contributed by atoms with Crippen LogP contribution in [0.1, 0.15) is 25.3 Å². The van der Waals surface area contributed by atoms with Gasteiger partial charge in [0, 0.05) is 13.1 Å². The van der Waals surface area contributed by atoms with Gasteiger partial charge < -0.3 is 10.6 Å². The van der Waals surface area contributed by atoms with E-state index in [0.717, 1.165) is 32.4 Å². The quantitative estimate of drug-likeness (QED) is 0.849. The lowest BCUT2D eigenvalue weighted by Crippen LogP contribution is -2.51. The second-order valence-electron chi connectivity index (χ2n) is 5.08. The van der Waals surface area contributed by atoms with Crippen LogP contribution in [0.15, 0.2) is 30.3 Å². The van der Waals surface area contributed by atoms with Gasteiger partial charge in [0.2, 0.25) is 5.91 Å². The number of nitrogens with one attached hydrogen (secondary N) is 2. The second-order valence-corrected chi connectivity index (χ2v) is 5.08. The Morgan fingerprint density at radius 3 is 2.78 bits per heavy atom. The molecule has 1 amide bonds. The van der Waals surface area contributed by atoms with Crippen LogP contribution in [0.4, 0.5) is 0 Å². The predicted molar refractivity (Wildman–Crippen MR) is 73.4 cm³/mol. The molecule has 1 saturated heterocycles. The van der Waals surface area contributed by atoms with Crippen LogP contribution in [0.5, 0.6) is 0 Å². The number of amides is 1. The van der Waals surface area contributed by atoms with Crippen LogP contribution < -0.4 is 10.6 Å². The molecule has 0 saturated carbocycles. The lowest BCUT2D eigenvalue weighted by molar-refractivity contribution is -0.132. The Labute approximate surface area is 109 Å². The number of carbonyl (C=O) groups is 1. The minimum Gasteiger partial charge on any atom is -0.356 e. The summed E-state index contributed by atoms with van der Waals surface area (Å²) in [6, 6.07) is 10.3. The summed E-state index contributed by atoms with van der Waals surface area (Å²) < 4.78 is 0. The van der Waals surface area contributed by atoms with Gasteiger partial charge in [0.25, 0.3) is 0 Å². The summed E-state index contributed by atoms with van der Waals surface area (Å²) in [5.41, 5.74) is 0.975. The standard InChI is InChI=1S/C15H22N2O/c1-2-17-14(18)15(9-6-10-16-12-15)11-13-7-4-3-5-8-13/h3-5,7-8,16H,2,6,9-12H2,1H3,(H,17,18)/t15-/m0/s1. The number of benzene rings is 1. The van der Waals surface area contributed by atoms with Gasteiger partial charge in [0.15, 0.2) is 0 Å². The van der Waals surface area contributed by atoms with Gasteiger partial charge in [-0.25, -0.2) is 0 Å². The van der Waals surface area contributed by atoms with Crippen molar-refractivity contribution in [2.45, 2.75) is 26.2 Å². The Kier molecular flexibility index (Phi) is 4.37.